The second-order valence-corrected chi connectivity index (χ2v) is 6.49. The van der Waals surface area contributed by atoms with Crippen LogP contribution in [-0.4, -0.2) is 30.2 Å². The van der Waals surface area contributed by atoms with Crippen LogP contribution in [-0.2, 0) is 0 Å². The normalized spacial score (nSPS) is 19.7. The van der Waals surface area contributed by atoms with Crippen molar-refractivity contribution in [2.75, 3.05) is 12.4 Å². The van der Waals surface area contributed by atoms with Gasteiger partial charge >= 0.3 is 6.03 Å². The Kier molecular flexibility index (Phi) is 5.68. The second kappa shape index (κ2) is 8.14. The molecule has 1 saturated carbocycles. The monoisotopic (exact) mass is 358 g/mol. The summed E-state index contributed by atoms with van der Waals surface area (Å²) in [5.74, 6) is 0.174. The van der Waals surface area contributed by atoms with E-state index in [0.29, 0.717) is 5.82 Å². The number of nitrogens with two attached hydrogens (primary N) is 1. The molecule has 1 aliphatic rings. The Morgan fingerprint density at radius 3 is 2.65 bits per heavy atom. The highest BCUT2D eigenvalue weighted by molar-refractivity contribution is 5.89. The summed E-state index contributed by atoms with van der Waals surface area (Å²) >= 11 is 0. The molecule has 1 fully saturated rings. The molecule has 1 aliphatic carbocycles. The molecule has 26 heavy (non-hydrogen) atoms. The van der Waals surface area contributed by atoms with E-state index < -0.39 is 5.82 Å². The van der Waals surface area contributed by atoms with Gasteiger partial charge in [-0.3, -0.25) is 5.32 Å². The molecule has 1 heterocycles. The van der Waals surface area contributed by atoms with E-state index in [1.54, 1.807) is 30.5 Å². The van der Waals surface area contributed by atoms with Crippen LogP contribution in [0.15, 0.2) is 36.5 Å². The molecule has 0 unspecified atom stereocenters. The number of nitrogens with zero attached hydrogens (tertiary/aromatic N) is 1. The Bertz CT molecular complexity index is 776. The first-order valence-corrected chi connectivity index (χ1v) is 8.68. The minimum absolute atomic E-state index is 0.138. The zero-order valence-corrected chi connectivity index (χ0v) is 14.7. The standard InChI is InChI=1S/C19H23FN4O2/c1-26-17-10-12(2-7-16(17)20)13-8-9-22-18(11-13)24-19(25)23-15-5-3-14(21)4-6-15/h2,7-11,14-15H,3-6,21H2,1H3,(H2,22,23,24,25). The van der Waals surface area contributed by atoms with E-state index in [1.165, 1.54) is 13.2 Å². The van der Waals surface area contributed by atoms with Crippen molar-refractivity contribution >= 4 is 11.8 Å². The molecule has 2 aromatic rings. The SMILES string of the molecule is COc1cc(-c2ccnc(NC(=O)NC3CCC(N)CC3)c2)ccc1F. The van der Waals surface area contributed by atoms with Crippen LogP contribution in [0.1, 0.15) is 25.7 Å². The van der Waals surface area contributed by atoms with Crippen molar-refractivity contribution < 1.29 is 13.9 Å². The van der Waals surface area contributed by atoms with Gasteiger partial charge in [0, 0.05) is 18.3 Å². The summed E-state index contributed by atoms with van der Waals surface area (Å²) in [6.45, 7) is 0. The quantitative estimate of drug-likeness (QED) is 0.782. The zero-order valence-electron chi connectivity index (χ0n) is 14.7. The van der Waals surface area contributed by atoms with Gasteiger partial charge in [-0.2, -0.15) is 0 Å². The molecule has 6 nitrogen and oxygen atoms in total. The largest absolute Gasteiger partial charge is 0.494 e. The number of carbonyl (C=O) groups excluding carboxylic acids is 1. The first-order chi connectivity index (χ1) is 12.5. The van der Waals surface area contributed by atoms with Crippen LogP contribution in [0.5, 0.6) is 5.75 Å². The summed E-state index contributed by atoms with van der Waals surface area (Å²) in [6, 6.07) is 8.24. The molecule has 4 N–H and O–H groups in total. The van der Waals surface area contributed by atoms with E-state index in [-0.39, 0.29) is 23.9 Å². The molecule has 7 heteroatoms. The number of benzene rings is 1. The average molecular weight is 358 g/mol. The van der Waals surface area contributed by atoms with Gasteiger partial charge < -0.3 is 15.8 Å². The number of methoxy groups -OCH3 is 1. The lowest BCUT2D eigenvalue weighted by atomic mass is 9.92. The van der Waals surface area contributed by atoms with Gasteiger partial charge in [-0.05, 0) is 61.1 Å². The first kappa shape index (κ1) is 18.1. The minimum Gasteiger partial charge on any atom is -0.494 e. The lowest BCUT2D eigenvalue weighted by molar-refractivity contribution is 0.242. The van der Waals surface area contributed by atoms with Crippen molar-refractivity contribution in [3.8, 4) is 16.9 Å². The third kappa shape index (κ3) is 4.49. The molecule has 3 rings (SSSR count). The Morgan fingerprint density at radius 1 is 1.19 bits per heavy atom. The highest BCUT2D eigenvalue weighted by Gasteiger charge is 2.20. The smallest absolute Gasteiger partial charge is 0.320 e. The molecule has 0 aliphatic heterocycles. The van der Waals surface area contributed by atoms with E-state index in [0.717, 1.165) is 36.8 Å². The van der Waals surface area contributed by atoms with E-state index in [2.05, 4.69) is 15.6 Å². The predicted molar refractivity (Wildman–Crippen MR) is 98.6 cm³/mol. The molecule has 2 amide bonds. The van der Waals surface area contributed by atoms with Gasteiger partial charge in [0.05, 0.1) is 7.11 Å². The fraction of sp³-hybridized carbons (Fsp3) is 0.368. The van der Waals surface area contributed by atoms with E-state index in [4.69, 9.17) is 10.5 Å². The van der Waals surface area contributed by atoms with Gasteiger partial charge in [-0.15, -0.1) is 0 Å². The maximum atomic E-state index is 13.6. The number of hydrogen-bond donors (Lipinski definition) is 3. The van der Waals surface area contributed by atoms with Crippen molar-refractivity contribution in [2.24, 2.45) is 5.73 Å². The van der Waals surface area contributed by atoms with Gasteiger partial charge in [0.25, 0.3) is 0 Å². The molecule has 1 aromatic heterocycles. The highest BCUT2D eigenvalue weighted by atomic mass is 19.1. The van der Waals surface area contributed by atoms with Gasteiger partial charge in [-0.1, -0.05) is 6.07 Å². The van der Waals surface area contributed by atoms with E-state index in [1.807, 2.05) is 0 Å². The number of hydrogen-bond acceptors (Lipinski definition) is 4. The van der Waals surface area contributed by atoms with E-state index >= 15 is 0 Å². The molecule has 1 aromatic carbocycles. The summed E-state index contributed by atoms with van der Waals surface area (Å²) in [6.07, 6.45) is 5.21. The number of amides is 2. The Labute approximate surface area is 152 Å². The van der Waals surface area contributed by atoms with Crippen LogP contribution in [0.3, 0.4) is 0 Å². The highest BCUT2D eigenvalue weighted by Crippen LogP contribution is 2.27. The summed E-state index contributed by atoms with van der Waals surface area (Å²) in [4.78, 5) is 16.4. The molecule has 0 saturated heterocycles. The van der Waals surface area contributed by atoms with Crippen molar-refractivity contribution in [1.29, 1.82) is 0 Å². The minimum atomic E-state index is -0.421. The van der Waals surface area contributed by atoms with Crippen molar-refractivity contribution in [2.45, 2.75) is 37.8 Å². The Balaban J connectivity index is 1.66. The van der Waals surface area contributed by atoms with Crippen LogP contribution in [0.25, 0.3) is 11.1 Å². The van der Waals surface area contributed by atoms with Crippen LogP contribution >= 0.6 is 0 Å². The maximum Gasteiger partial charge on any atom is 0.320 e. The molecular weight excluding hydrogens is 335 g/mol. The molecule has 138 valence electrons. The van der Waals surface area contributed by atoms with Gasteiger partial charge in [0.2, 0.25) is 0 Å². The third-order valence-electron chi connectivity index (χ3n) is 4.59. The lowest BCUT2D eigenvalue weighted by Gasteiger charge is -2.26. The molecule has 0 radical (unpaired) electrons. The average Bonchev–Trinajstić information content (AvgIpc) is 2.64. The number of halogens is 1. The number of pyridine rings is 1. The fourth-order valence-corrected chi connectivity index (χ4v) is 3.12. The van der Waals surface area contributed by atoms with Gasteiger partial charge in [0.15, 0.2) is 11.6 Å². The molecule has 0 bridgehead atoms. The third-order valence-corrected chi connectivity index (χ3v) is 4.59. The topological polar surface area (TPSA) is 89.3 Å². The summed E-state index contributed by atoms with van der Waals surface area (Å²) in [5, 5.41) is 5.71. The van der Waals surface area contributed by atoms with Gasteiger partial charge in [0.1, 0.15) is 5.82 Å². The summed E-state index contributed by atoms with van der Waals surface area (Å²) in [7, 11) is 1.42. The number of nitrogens with one attached hydrogen (secondary N) is 2. The zero-order chi connectivity index (χ0) is 18.5. The lowest BCUT2D eigenvalue weighted by Crippen LogP contribution is -2.42. The van der Waals surface area contributed by atoms with E-state index in [9.17, 15) is 9.18 Å². The number of rotatable bonds is 4. The van der Waals surface area contributed by atoms with Crippen LogP contribution < -0.4 is 21.1 Å². The molecular formula is C19H23FN4O2. The van der Waals surface area contributed by atoms with Crippen LogP contribution in [0, 0.1) is 5.82 Å². The predicted octanol–water partition coefficient (Wildman–Crippen LogP) is 3.29. The summed E-state index contributed by atoms with van der Waals surface area (Å²) in [5.41, 5.74) is 7.46. The fourth-order valence-electron chi connectivity index (χ4n) is 3.12. The number of anilines is 1. The van der Waals surface area contributed by atoms with Crippen molar-refractivity contribution in [3.63, 3.8) is 0 Å². The van der Waals surface area contributed by atoms with Crippen molar-refractivity contribution in [1.82, 2.24) is 10.3 Å². The van der Waals surface area contributed by atoms with Gasteiger partial charge in [-0.25, -0.2) is 14.2 Å². The summed E-state index contributed by atoms with van der Waals surface area (Å²) < 4.78 is 18.6. The molecule has 0 spiro atoms. The van der Waals surface area contributed by atoms with Crippen LogP contribution in [0.2, 0.25) is 0 Å². The second-order valence-electron chi connectivity index (χ2n) is 6.49. The maximum absolute atomic E-state index is 13.6. The Morgan fingerprint density at radius 2 is 1.92 bits per heavy atom. The number of aromatic nitrogens is 1. The number of ether oxygens (including phenoxy) is 1. The number of urea groups is 1. The Hall–Kier alpha value is -2.67. The first-order valence-electron chi connectivity index (χ1n) is 8.68. The molecule has 0 atom stereocenters. The van der Waals surface area contributed by atoms with Crippen molar-refractivity contribution in [3.05, 3.63) is 42.3 Å². The van der Waals surface area contributed by atoms with Crippen LogP contribution in [0.4, 0.5) is 15.0 Å². The number of carbonyl (C=O) groups is 1.